The van der Waals surface area contributed by atoms with Crippen LogP contribution in [0.25, 0.3) is 21.9 Å². The fourth-order valence-electron chi connectivity index (χ4n) is 7.83. The van der Waals surface area contributed by atoms with Crippen LogP contribution in [0.1, 0.15) is 62.1 Å². The van der Waals surface area contributed by atoms with Gasteiger partial charge in [-0.1, -0.05) is 42.1 Å². The third-order valence-corrected chi connectivity index (χ3v) is 10.8. The molecule has 12 heteroatoms. The molecule has 2 amide bonds. The average Bonchev–Trinajstić information content (AvgIpc) is 3.49. The molecule has 5 heterocycles. The minimum Gasteiger partial charge on any atom is -0.436 e. The number of H-pyrrole nitrogens is 1. The topological polar surface area (TPSA) is 130 Å². The van der Waals surface area contributed by atoms with Gasteiger partial charge in [-0.3, -0.25) is 14.3 Å². The third kappa shape index (κ3) is 6.72. The Labute approximate surface area is 290 Å². The molecule has 0 bridgehead atoms. The molecule has 2 aromatic carbocycles. The van der Waals surface area contributed by atoms with E-state index < -0.39 is 12.2 Å². The molecule has 1 atom stereocenters. The van der Waals surface area contributed by atoms with E-state index in [0.717, 1.165) is 47.9 Å². The van der Waals surface area contributed by atoms with Crippen LogP contribution in [0.4, 0.5) is 10.5 Å². The molecule has 0 spiro atoms. The van der Waals surface area contributed by atoms with Gasteiger partial charge in [-0.05, 0) is 75.4 Å². The Morgan fingerprint density at radius 2 is 1.69 bits per heavy atom. The van der Waals surface area contributed by atoms with Gasteiger partial charge in [0, 0.05) is 55.6 Å². The zero-order valence-electron chi connectivity index (χ0n) is 27.6. The highest BCUT2D eigenvalue weighted by atomic mass is 35.5. The number of imidazole rings is 1. The van der Waals surface area contributed by atoms with Gasteiger partial charge in [-0.15, -0.1) is 6.42 Å². The number of hydrogen-bond donors (Lipinski definition) is 2. The Balaban J connectivity index is 1.05. The Kier molecular flexibility index (Phi) is 9.52. The van der Waals surface area contributed by atoms with E-state index in [1.54, 1.807) is 27.8 Å². The molecule has 3 aliphatic rings. The average molecular weight is 684 g/mol. The van der Waals surface area contributed by atoms with Gasteiger partial charge in [0.25, 0.3) is 5.91 Å². The number of nitrogens with two attached hydrogens (primary N) is 1. The number of aromatic nitrogens is 3. The molecule has 0 saturated carbocycles. The predicted octanol–water partition coefficient (Wildman–Crippen LogP) is 4.96. The van der Waals surface area contributed by atoms with E-state index in [2.05, 4.69) is 20.8 Å². The quantitative estimate of drug-likeness (QED) is 0.217. The molecule has 2 aromatic heterocycles. The van der Waals surface area contributed by atoms with Crippen LogP contribution in [-0.4, -0.2) is 92.6 Å². The van der Waals surface area contributed by atoms with Gasteiger partial charge in [0.1, 0.15) is 0 Å². The molecule has 3 aliphatic heterocycles. The molecule has 49 heavy (non-hydrogen) atoms. The molecular formula is C37H42ClN7O4. The van der Waals surface area contributed by atoms with Crippen molar-refractivity contribution in [3.63, 3.8) is 0 Å². The van der Waals surface area contributed by atoms with Gasteiger partial charge < -0.3 is 30.2 Å². The summed E-state index contributed by atoms with van der Waals surface area (Å²) >= 11 is 6.39. The largest absolute Gasteiger partial charge is 0.436 e. The minimum atomic E-state index is -1.06. The summed E-state index contributed by atoms with van der Waals surface area (Å²) in [5.74, 6) is 2.33. The zero-order valence-corrected chi connectivity index (χ0v) is 28.3. The predicted molar refractivity (Wildman–Crippen MR) is 191 cm³/mol. The van der Waals surface area contributed by atoms with Crippen molar-refractivity contribution in [1.82, 2.24) is 29.2 Å². The lowest BCUT2D eigenvalue weighted by Crippen LogP contribution is -2.52. The van der Waals surface area contributed by atoms with Gasteiger partial charge in [-0.2, -0.15) is 0 Å². The molecule has 0 radical (unpaired) electrons. The normalized spacial score (nSPS) is 18.9. The van der Waals surface area contributed by atoms with Crippen LogP contribution in [0, 0.1) is 12.3 Å². The number of benzene rings is 2. The first kappa shape index (κ1) is 33.0. The Hall–Kier alpha value is -4.53. The number of pyridine rings is 1. The summed E-state index contributed by atoms with van der Waals surface area (Å²) in [4.78, 5) is 54.4. The van der Waals surface area contributed by atoms with E-state index in [-0.39, 0.29) is 24.1 Å². The first-order chi connectivity index (χ1) is 23.8. The highest BCUT2D eigenvalue weighted by Gasteiger charge is 2.35. The fraction of sp³-hybridized carbons (Fsp3) is 0.459. The summed E-state index contributed by atoms with van der Waals surface area (Å²) in [6, 6.07) is 11.5. The summed E-state index contributed by atoms with van der Waals surface area (Å²) < 4.78 is 7.79. The minimum absolute atomic E-state index is 0.119. The Morgan fingerprint density at radius 3 is 2.43 bits per heavy atom. The number of nitrogen functional groups attached to an aromatic ring is 1. The fourth-order valence-corrected chi connectivity index (χ4v) is 8.07. The van der Waals surface area contributed by atoms with Gasteiger partial charge in [-0.25, -0.2) is 9.59 Å². The second kappa shape index (κ2) is 14.1. The lowest BCUT2D eigenvalue weighted by atomic mass is 9.98. The highest BCUT2D eigenvalue weighted by Crippen LogP contribution is 2.30. The number of piperidine rings is 3. The second-order valence-electron chi connectivity index (χ2n) is 13.5. The third-order valence-electron chi connectivity index (χ3n) is 10.5. The van der Waals surface area contributed by atoms with Crippen molar-refractivity contribution in [3.05, 3.63) is 69.2 Å². The first-order valence-electron chi connectivity index (χ1n) is 17.3. The van der Waals surface area contributed by atoms with E-state index >= 15 is 0 Å². The van der Waals surface area contributed by atoms with E-state index in [9.17, 15) is 14.4 Å². The first-order valence-corrected chi connectivity index (χ1v) is 17.7. The number of carbonyl (C=O) groups is 2. The Bertz CT molecular complexity index is 1960. The number of rotatable bonds is 6. The van der Waals surface area contributed by atoms with Gasteiger partial charge in [0.2, 0.25) is 0 Å². The maximum Gasteiger partial charge on any atom is 0.410 e. The lowest BCUT2D eigenvalue weighted by Gasteiger charge is -2.41. The van der Waals surface area contributed by atoms with Crippen LogP contribution in [-0.2, 0) is 16.0 Å². The standard InChI is InChI=1S/C37H42ClN7O4/c1-2-25-20-24(21-29(38)33(25)39)22-32(35(46)43-16-10-26(11-17-43)42-14-6-3-7-15-42)49-37(48)44-18-12-27(13-19-44)45-31-23-40-30-9-5-4-8-28(30)34(31)41-36(45)47/h1,4-5,8-9,20-21,23,26-27,32H,3,6-7,10-19,22,39H2,(H,41,47)/t32-/m1/s1. The van der Waals surface area contributed by atoms with E-state index in [1.165, 1.54) is 19.3 Å². The molecule has 3 N–H and O–H groups in total. The van der Waals surface area contributed by atoms with Crippen LogP contribution in [0.3, 0.4) is 0 Å². The molecule has 256 valence electrons. The van der Waals surface area contributed by atoms with Crippen molar-refractivity contribution in [2.45, 2.75) is 69.6 Å². The summed E-state index contributed by atoms with van der Waals surface area (Å²) in [5.41, 5.74) is 9.58. The number of fused-ring (bicyclic) bond motifs is 3. The molecule has 0 unspecified atom stereocenters. The van der Waals surface area contributed by atoms with Gasteiger partial charge in [0.05, 0.1) is 33.5 Å². The number of terminal acetylenes is 1. The lowest BCUT2D eigenvalue weighted by molar-refractivity contribution is -0.142. The molecule has 3 saturated heterocycles. The van der Waals surface area contributed by atoms with E-state index in [1.807, 2.05) is 29.2 Å². The van der Waals surface area contributed by atoms with Crippen LogP contribution in [0.15, 0.2) is 47.4 Å². The number of likely N-dealkylation sites (tertiary alicyclic amines) is 3. The van der Waals surface area contributed by atoms with Crippen molar-refractivity contribution < 1.29 is 14.3 Å². The number of amides is 2. The van der Waals surface area contributed by atoms with Crippen molar-refractivity contribution >= 4 is 51.2 Å². The van der Waals surface area contributed by atoms with Crippen LogP contribution < -0.4 is 11.4 Å². The number of carbonyl (C=O) groups excluding carboxylic acids is 2. The molecular weight excluding hydrogens is 642 g/mol. The number of hydrogen-bond acceptors (Lipinski definition) is 7. The number of para-hydroxylation sites is 1. The molecule has 7 rings (SSSR count). The summed E-state index contributed by atoms with van der Waals surface area (Å²) in [6.45, 7) is 4.21. The number of anilines is 1. The summed E-state index contributed by atoms with van der Waals surface area (Å²) in [7, 11) is 0. The van der Waals surface area contributed by atoms with E-state index in [0.29, 0.717) is 66.9 Å². The number of nitrogens with one attached hydrogen (secondary N) is 1. The van der Waals surface area contributed by atoms with Crippen molar-refractivity contribution in [2.75, 3.05) is 45.0 Å². The molecule has 4 aromatic rings. The number of nitrogens with zero attached hydrogens (tertiary/aromatic N) is 5. The monoisotopic (exact) mass is 683 g/mol. The second-order valence-corrected chi connectivity index (χ2v) is 13.9. The van der Waals surface area contributed by atoms with E-state index in [4.69, 9.17) is 28.5 Å². The van der Waals surface area contributed by atoms with Gasteiger partial charge >= 0.3 is 11.8 Å². The van der Waals surface area contributed by atoms with Crippen molar-refractivity contribution in [3.8, 4) is 12.3 Å². The maximum atomic E-state index is 14.0. The summed E-state index contributed by atoms with van der Waals surface area (Å²) in [5, 5.41) is 1.18. The SMILES string of the molecule is C#Cc1cc(C[C@@H](OC(=O)N2CCC(n3c(=O)[nH]c4c5ccccc5ncc43)CC2)C(=O)N2CCC(N3CCCCC3)CC2)cc(Cl)c1N. The number of halogens is 1. The molecule has 11 nitrogen and oxygen atoms in total. The smallest absolute Gasteiger partial charge is 0.410 e. The summed E-state index contributed by atoms with van der Waals surface area (Å²) in [6.07, 6.45) is 12.5. The molecule has 0 aliphatic carbocycles. The number of aromatic amines is 1. The Morgan fingerprint density at radius 1 is 1.00 bits per heavy atom. The maximum absolute atomic E-state index is 14.0. The van der Waals surface area contributed by atoms with Crippen LogP contribution in [0.2, 0.25) is 5.02 Å². The van der Waals surface area contributed by atoms with Crippen LogP contribution in [0.5, 0.6) is 0 Å². The van der Waals surface area contributed by atoms with Gasteiger partial charge in [0.15, 0.2) is 6.10 Å². The van der Waals surface area contributed by atoms with Crippen molar-refractivity contribution in [2.24, 2.45) is 0 Å². The zero-order chi connectivity index (χ0) is 34.1. The molecule has 3 fully saturated rings. The number of ether oxygens (including phenoxy) is 1. The van der Waals surface area contributed by atoms with Crippen LogP contribution >= 0.6 is 11.6 Å². The van der Waals surface area contributed by atoms with Crippen molar-refractivity contribution in [1.29, 1.82) is 0 Å². The highest BCUT2D eigenvalue weighted by molar-refractivity contribution is 6.33.